The van der Waals surface area contributed by atoms with E-state index < -0.39 is 177 Å². The number of aliphatic hydroxyl groups excluding tert-OH is 12. The number of unbranched alkanes of at least 4 members (excludes halogenated alkanes) is 7. The van der Waals surface area contributed by atoms with E-state index in [2.05, 4.69) is 46.0 Å². The van der Waals surface area contributed by atoms with Crippen molar-refractivity contribution < 1.29 is 114 Å². The average molecular weight is 1240 g/mol. The SMILES string of the molecule is CC1O[C@@H](OC2C(O)[C@@H](NC(=O)CCCCCCCCCCO[C@@H]3O[C@@H](CO)C(O)C3O)C(CO)O[C@H]2OC(=O)[C@]23CCC(C)(C)CC2C2=CCC4C5(C)CC[C@H](O)C(C)(C=O)[C@@H]5CCC4(C)[C@]2(C)C[C@@H]3O)C(O)C(O)[C@H]1O[C@@H]1OC[C@@H](O)C(O)C1O. The molecule has 24 heteroatoms. The molecule has 0 spiro atoms. The molecule has 8 fully saturated rings. The second-order valence-corrected chi connectivity index (χ2v) is 29.0. The molecule has 24 nitrogen and oxygen atoms in total. The zero-order valence-corrected chi connectivity index (χ0v) is 51.8. The molecule has 498 valence electrons. The minimum atomic E-state index is -1.96. The fourth-order valence-corrected chi connectivity index (χ4v) is 17.7. The van der Waals surface area contributed by atoms with Gasteiger partial charge in [0.1, 0.15) is 78.8 Å². The number of ether oxygens (including phenoxy) is 8. The maximum Gasteiger partial charge on any atom is 0.317 e. The topological polar surface area (TPSA) is 380 Å². The first-order valence-corrected chi connectivity index (χ1v) is 32.3. The third kappa shape index (κ3) is 12.8. The maximum atomic E-state index is 15.7. The molecule has 0 aromatic heterocycles. The van der Waals surface area contributed by atoms with Crippen molar-refractivity contribution in [1.82, 2.24) is 5.32 Å². The van der Waals surface area contributed by atoms with Crippen molar-refractivity contribution in [2.24, 2.45) is 50.2 Å². The lowest BCUT2D eigenvalue weighted by Crippen LogP contribution is -2.69. The molecule has 0 radical (unpaired) electrons. The van der Waals surface area contributed by atoms with Crippen LogP contribution in [0.3, 0.4) is 0 Å². The minimum Gasteiger partial charge on any atom is -0.432 e. The molecule has 0 aromatic carbocycles. The standard InChI is InChI=1S/C63H103NO23/c1-32-51(85-54-48(76)44(72)35(68)30-81-54)47(75)50(78)55(82-32)86-52-46(74)43(64-42(71)16-14-12-10-8-9-11-13-15-25-80-53-49(77)45(73)37(29-66)84-53)36(28-65)83-56(52)87-57(79)63-24-23-58(2,3)26-34(63)33-17-18-39-59(4)21-20-40(69)60(5,31-67)38(59)19-22-61(39,6)62(33,7)27-41(63)70/h17,31-32,34-41,43-56,65-66,68-70,72-78H,8-16,18-30H2,1-7H3,(H,64,71)/t32?,34?,35-,36?,37+,38-,39?,40+,41+,43+,44?,45?,46?,47?,48?,49?,50?,51+,52?,53-,54+,55+,56+,59?,60?,61?,62-,63-/m1/s1. The predicted molar refractivity (Wildman–Crippen MR) is 306 cm³/mol. The second-order valence-electron chi connectivity index (χ2n) is 29.0. The molecule has 0 aromatic rings. The number of carbonyl (C=O) groups is 3. The Morgan fingerprint density at radius 2 is 1.28 bits per heavy atom. The number of hydrogen-bond donors (Lipinski definition) is 13. The van der Waals surface area contributed by atoms with Crippen LogP contribution in [0.15, 0.2) is 11.6 Å². The van der Waals surface area contributed by atoms with Gasteiger partial charge in [0.2, 0.25) is 12.2 Å². The summed E-state index contributed by atoms with van der Waals surface area (Å²) in [5.41, 5.74) is -2.95. The summed E-state index contributed by atoms with van der Waals surface area (Å²) in [5.74, 6) is -1.80. The first kappa shape index (κ1) is 68.9. The van der Waals surface area contributed by atoms with Gasteiger partial charge in [-0.1, -0.05) is 91.7 Å². The number of fused-ring (bicyclic) bond motifs is 7. The van der Waals surface area contributed by atoms with Gasteiger partial charge in [-0.25, -0.2) is 0 Å². The summed E-state index contributed by atoms with van der Waals surface area (Å²) in [5, 5.41) is 134. The number of hydrogen-bond acceptors (Lipinski definition) is 23. The van der Waals surface area contributed by atoms with Gasteiger partial charge in [-0.05, 0) is 117 Å². The zero-order valence-electron chi connectivity index (χ0n) is 51.8. The van der Waals surface area contributed by atoms with Gasteiger partial charge in [-0.3, -0.25) is 9.59 Å². The van der Waals surface area contributed by atoms with Crippen molar-refractivity contribution in [2.75, 3.05) is 26.4 Å². The van der Waals surface area contributed by atoms with Crippen LogP contribution in [-0.4, -0.2) is 229 Å². The highest BCUT2D eigenvalue weighted by Crippen LogP contribution is 2.76. The Morgan fingerprint density at radius 1 is 0.644 bits per heavy atom. The fraction of sp³-hybridized carbons (Fsp3) is 0.921. The molecule has 28 atom stereocenters. The summed E-state index contributed by atoms with van der Waals surface area (Å²) in [4.78, 5) is 42.3. The zero-order chi connectivity index (χ0) is 63.3. The lowest BCUT2D eigenvalue weighted by atomic mass is 9.33. The summed E-state index contributed by atoms with van der Waals surface area (Å²) in [7, 11) is 0. The van der Waals surface area contributed by atoms with E-state index in [0.29, 0.717) is 58.0 Å². The molecular formula is C63H103NO23. The van der Waals surface area contributed by atoms with E-state index in [4.69, 9.17) is 37.9 Å². The summed E-state index contributed by atoms with van der Waals surface area (Å²) in [6, 6.07) is -1.38. The third-order valence-electron chi connectivity index (χ3n) is 23.3. The third-order valence-corrected chi connectivity index (χ3v) is 23.3. The van der Waals surface area contributed by atoms with Crippen LogP contribution in [0, 0.1) is 50.2 Å². The smallest absolute Gasteiger partial charge is 0.317 e. The van der Waals surface area contributed by atoms with E-state index >= 15 is 4.79 Å². The second kappa shape index (κ2) is 27.3. The van der Waals surface area contributed by atoms with Crippen LogP contribution in [0.4, 0.5) is 0 Å². The molecule has 5 aliphatic carbocycles. The van der Waals surface area contributed by atoms with E-state index in [-0.39, 0.29) is 47.3 Å². The minimum absolute atomic E-state index is 0.0439. The average Bonchev–Trinajstić information content (AvgIpc) is 0.957. The maximum absolute atomic E-state index is 15.7. The largest absolute Gasteiger partial charge is 0.432 e. The normalized spacial score (nSPS) is 48.6. The van der Waals surface area contributed by atoms with Crippen LogP contribution >= 0.6 is 0 Å². The number of aldehydes is 1. The lowest BCUT2D eigenvalue weighted by Gasteiger charge is -2.71. The Morgan fingerprint density at radius 3 is 1.94 bits per heavy atom. The number of allylic oxidation sites excluding steroid dienone is 2. The molecule has 0 bridgehead atoms. The highest BCUT2D eigenvalue weighted by Gasteiger charge is 2.72. The molecule has 9 rings (SSSR count). The summed E-state index contributed by atoms with van der Waals surface area (Å²) < 4.78 is 47.5. The monoisotopic (exact) mass is 1240 g/mol. The molecule has 1 amide bonds. The van der Waals surface area contributed by atoms with Crippen LogP contribution < -0.4 is 5.32 Å². The van der Waals surface area contributed by atoms with Gasteiger partial charge < -0.3 is 109 Å². The first-order valence-electron chi connectivity index (χ1n) is 32.3. The van der Waals surface area contributed by atoms with E-state index in [0.717, 1.165) is 56.8 Å². The van der Waals surface area contributed by atoms with Crippen molar-refractivity contribution in [1.29, 1.82) is 0 Å². The predicted octanol–water partition coefficient (Wildman–Crippen LogP) is 1.05. The van der Waals surface area contributed by atoms with Crippen molar-refractivity contribution in [3.63, 3.8) is 0 Å². The van der Waals surface area contributed by atoms with E-state index in [1.54, 1.807) is 0 Å². The Balaban J connectivity index is 0.901. The van der Waals surface area contributed by atoms with Gasteiger partial charge >= 0.3 is 5.97 Å². The Kier molecular flexibility index (Phi) is 21.6. The number of rotatable bonds is 22. The van der Waals surface area contributed by atoms with Crippen LogP contribution in [0.25, 0.3) is 0 Å². The lowest BCUT2D eigenvalue weighted by molar-refractivity contribution is -0.370. The molecule has 4 saturated heterocycles. The first-order chi connectivity index (χ1) is 41.1. The van der Waals surface area contributed by atoms with Crippen LogP contribution in [0.1, 0.15) is 164 Å². The van der Waals surface area contributed by atoms with E-state index in [1.807, 2.05) is 6.92 Å². The summed E-state index contributed by atoms with van der Waals surface area (Å²) in [6.45, 7) is 13.1. The molecule has 13 N–H and O–H groups in total. The quantitative estimate of drug-likeness (QED) is 0.0312. The van der Waals surface area contributed by atoms with Gasteiger partial charge in [0, 0.05) is 13.0 Å². The molecule has 87 heavy (non-hydrogen) atoms. The highest BCUT2D eigenvalue weighted by atomic mass is 16.8. The Labute approximate surface area is 510 Å². The van der Waals surface area contributed by atoms with E-state index in [9.17, 15) is 70.9 Å². The van der Waals surface area contributed by atoms with Crippen molar-refractivity contribution >= 4 is 18.2 Å². The molecular weight excluding hydrogens is 1140 g/mol. The Hall–Kier alpha value is -2.41. The van der Waals surface area contributed by atoms with Crippen molar-refractivity contribution in [3.8, 4) is 0 Å². The molecule has 4 heterocycles. The number of aliphatic hydroxyl groups is 12. The van der Waals surface area contributed by atoms with Crippen molar-refractivity contribution in [3.05, 3.63) is 11.6 Å². The molecule has 15 unspecified atom stereocenters. The van der Waals surface area contributed by atoms with Crippen molar-refractivity contribution in [2.45, 2.75) is 287 Å². The number of esters is 1. The number of carbonyl (C=O) groups excluding carboxylic acids is 3. The van der Waals surface area contributed by atoms with E-state index in [1.165, 1.54) is 6.92 Å². The van der Waals surface area contributed by atoms with Gasteiger partial charge in [0.15, 0.2) is 25.0 Å². The van der Waals surface area contributed by atoms with Gasteiger partial charge in [-0.15, -0.1) is 0 Å². The van der Waals surface area contributed by atoms with Crippen LogP contribution in [-0.2, 0) is 52.3 Å². The fourth-order valence-electron chi connectivity index (χ4n) is 17.7. The number of nitrogens with one attached hydrogen (secondary N) is 1. The number of amides is 1. The molecule has 4 saturated carbocycles. The van der Waals surface area contributed by atoms with Gasteiger partial charge in [0.25, 0.3) is 0 Å². The van der Waals surface area contributed by atoms with Crippen LogP contribution in [0.2, 0.25) is 0 Å². The van der Waals surface area contributed by atoms with Gasteiger partial charge in [-0.2, -0.15) is 0 Å². The Bertz CT molecular complexity index is 2390. The molecule has 9 aliphatic rings. The molecule has 4 aliphatic heterocycles. The van der Waals surface area contributed by atoms with Crippen LogP contribution in [0.5, 0.6) is 0 Å². The summed E-state index contributed by atoms with van der Waals surface area (Å²) >= 11 is 0. The highest BCUT2D eigenvalue weighted by molar-refractivity contribution is 5.80. The summed E-state index contributed by atoms with van der Waals surface area (Å²) in [6.07, 6.45) is -13.2. The van der Waals surface area contributed by atoms with Gasteiger partial charge in [0.05, 0.1) is 49.6 Å².